The Bertz CT molecular complexity index is 513. The SMILES string of the molecule is Cc1ccccc1S(=O)(=O)N1CCC(CCN)C1. The molecule has 18 heavy (non-hydrogen) atoms. The number of aryl methyl sites for hydroxylation is 1. The molecule has 1 atom stereocenters. The summed E-state index contributed by atoms with van der Waals surface area (Å²) in [5, 5.41) is 0. The standard InChI is InChI=1S/C13H20N2O2S/c1-11-4-2-3-5-13(11)18(16,17)15-9-7-12(10-15)6-8-14/h2-5,12H,6-10,14H2,1H3. The van der Waals surface area contributed by atoms with Gasteiger partial charge in [-0.3, -0.25) is 0 Å². The van der Waals surface area contributed by atoms with Crippen molar-refractivity contribution in [2.75, 3.05) is 19.6 Å². The minimum Gasteiger partial charge on any atom is -0.330 e. The molecule has 1 unspecified atom stereocenters. The van der Waals surface area contributed by atoms with Crippen LogP contribution in [-0.2, 0) is 10.0 Å². The molecule has 2 N–H and O–H groups in total. The van der Waals surface area contributed by atoms with Gasteiger partial charge in [-0.15, -0.1) is 0 Å². The highest BCUT2D eigenvalue weighted by Gasteiger charge is 2.32. The van der Waals surface area contributed by atoms with E-state index in [-0.39, 0.29) is 0 Å². The van der Waals surface area contributed by atoms with Crippen molar-refractivity contribution in [3.63, 3.8) is 0 Å². The summed E-state index contributed by atoms with van der Waals surface area (Å²) in [5.74, 6) is 0.411. The van der Waals surface area contributed by atoms with Crippen molar-refractivity contribution in [3.8, 4) is 0 Å². The fourth-order valence-electron chi connectivity index (χ4n) is 2.47. The van der Waals surface area contributed by atoms with Crippen LogP contribution in [0.3, 0.4) is 0 Å². The third kappa shape index (κ3) is 2.58. The molecule has 0 aromatic heterocycles. The molecular weight excluding hydrogens is 248 g/mol. The lowest BCUT2D eigenvalue weighted by Crippen LogP contribution is -2.29. The highest BCUT2D eigenvalue weighted by Crippen LogP contribution is 2.27. The number of benzene rings is 1. The van der Waals surface area contributed by atoms with Crippen molar-refractivity contribution < 1.29 is 8.42 Å². The summed E-state index contributed by atoms with van der Waals surface area (Å²) in [4.78, 5) is 0.429. The van der Waals surface area contributed by atoms with Crippen LogP contribution < -0.4 is 5.73 Å². The Morgan fingerprint density at radius 3 is 2.78 bits per heavy atom. The quantitative estimate of drug-likeness (QED) is 0.896. The smallest absolute Gasteiger partial charge is 0.243 e. The predicted octanol–water partition coefficient (Wildman–Crippen LogP) is 1.35. The van der Waals surface area contributed by atoms with E-state index in [2.05, 4.69) is 0 Å². The normalized spacial score (nSPS) is 21.3. The van der Waals surface area contributed by atoms with Gasteiger partial charge in [0.15, 0.2) is 0 Å². The molecule has 0 bridgehead atoms. The van der Waals surface area contributed by atoms with E-state index in [1.54, 1.807) is 16.4 Å². The molecule has 1 heterocycles. The first-order valence-corrected chi connectivity index (χ1v) is 7.75. The van der Waals surface area contributed by atoms with Crippen LogP contribution in [0.2, 0.25) is 0 Å². The average Bonchev–Trinajstić information content (AvgIpc) is 2.79. The van der Waals surface area contributed by atoms with Gasteiger partial charge in [0.1, 0.15) is 0 Å². The maximum absolute atomic E-state index is 12.5. The van der Waals surface area contributed by atoms with Crippen LogP contribution in [0.5, 0.6) is 0 Å². The van der Waals surface area contributed by atoms with Crippen LogP contribution in [0.15, 0.2) is 29.2 Å². The first-order valence-electron chi connectivity index (χ1n) is 6.31. The molecular formula is C13H20N2O2S. The Morgan fingerprint density at radius 2 is 2.11 bits per heavy atom. The maximum Gasteiger partial charge on any atom is 0.243 e. The maximum atomic E-state index is 12.5. The zero-order valence-corrected chi connectivity index (χ0v) is 11.5. The van der Waals surface area contributed by atoms with Crippen molar-refractivity contribution in [2.45, 2.75) is 24.7 Å². The molecule has 0 saturated carbocycles. The first-order chi connectivity index (χ1) is 8.55. The molecule has 5 heteroatoms. The van der Waals surface area contributed by atoms with Gasteiger partial charge < -0.3 is 5.73 Å². The number of hydrogen-bond acceptors (Lipinski definition) is 3. The summed E-state index contributed by atoms with van der Waals surface area (Å²) >= 11 is 0. The molecule has 1 aromatic carbocycles. The molecule has 1 aromatic rings. The zero-order valence-electron chi connectivity index (χ0n) is 10.7. The van der Waals surface area contributed by atoms with E-state index in [0.717, 1.165) is 18.4 Å². The van der Waals surface area contributed by atoms with Crippen molar-refractivity contribution in [1.29, 1.82) is 0 Å². The van der Waals surface area contributed by atoms with E-state index in [1.807, 2.05) is 19.1 Å². The largest absolute Gasteiger partial charge is 0.330 e. The molecule has 2 rings (SSSR count). The van der Waals surface area contributed by atoms with E-state index >= 15 is 0 Å². The van der Waals surface area contributed by atoms with Gasteiger partial charge in [0.05, 0.1) is 4.90 Å². The summed E-state index contributed by atoms with van der Waals surface area (Å²) in [5.41, 5.74) is 6.34. The summed E-state index contributed by atoms with van der Waals surface area (Å²) in [6.45, 7) is 3.68. The Morgan fingerprint density at radius 1 is 1.39 bits per heavy atom. The molecule has 0 radical (unpaired) electrons. The molecule has 1 fully saturated rings. The van der Waals surface area contributed by atoms with Crippen molar-refractivity contribution in [3.05, 3.63) is 29.8 Å². The average molecular weight is 268 g/mol. The topological polar surface area (TPSA) is 63.4 Å². The van der Waals surface area contributed by atoms with Crippen LogP contribution in [0, 0.1) is 12.8 Å². The van der Waals surface area contributed by atoms with E-state index in [1.165, 1.54) is 0 Å². The molecule has 0 aliphatic carbocycles. The lowest BCUT2D eigenvalue weighted by atomic mass is 10.1. The van der Waals surface area contributed by atoms with Crippen LogP contribution in [0.4, 0.5) is 0 Å². The molecule has 4 nitrogen and oxygen atoms in total. The van der Waals surface area contributed by atoms with Crippen LogP contribution in [0.25, 0.3) is 0 Å². The Balaban J connectivity index is 2.21. The Kier molecular flexibility index (Phi) is 4.04. The number of nitrogens with two attached hydrogens (primary N) is 1. The first kappa shape index (κ1) is 13.5. The summed E-state index contributed by atoms with van der Waals surface area (Å²) in [7, 11) is -3.33. The van der Waals surface area contributed by atoms with Gasteiger partial charge in [-0.1, -0.05) is 18.2 Å². The monoisotopic (exact) mass is 268 g/mol. The van der Waals surface area contributed by atoms with E-state index in [9.17, 15) is 8.42 Å². The summed E-state index contributed by atoms with van der Waals surface area (Å²) in [6.07, 6.45) is 1.82. The van der Waals surface area contributed by atoms with Crippen molar-refractivity contribution in [2.24, 2.45) is 11.7 Å². The van der Waals surface area contributed by atoms with Crippen molar-refractivity contribution >= 4 is 10.0 Å². The van der Waals surface area contributed by atoms with Gasteiger partial charge in [-0.25, -0.2) is 8.42 Å². The van der Waals surface area contributed by atoms with Gasteiger partial charge in [0, 0.05) is 13.1 Å². The van der Waals surface area contributed by atoms with E-state index in [4.69, 9.17) is 5.73 Å². The zero-order chi connectivity index (χ0) is 13.2. The van der Waals surface area contributed by atoms with Gasteiger partial charge >= 0.3 is 0 Å². The summed E-state index contributed by atoms with van der Waals surface area (Å²) < 4.78 is 26.6. The van der Waals surface area contributed by atoms with Gasteiger partial charge in [-0.2, -0.15) is 4.31 Å². The lowest BCUT2D eigenvalue weighted by molar-refractivity contribution is 0.448. The molecule has 0 amide bonds. The molecule has 100 valence electrons. The predicted molar refractivity (Wildman–Crippen MR) is 71.7 cm³/mol. The Labute approximate surface area is 109 Å². The third-order valence-corrected chi connectivity index (χ3v) is 5.56. The molecule has 1 aliphatic heterocycles. The Hall–Kier alpha value is -0.910. The van der Waals surface area contributed by atoms with Gasteiger partial charge in [-0.05, 0) is 43.9 Å². The van der Waals surface area contributed by atoms with Crippen LogP contribution in [-0.4, -0.2) is 32.4 Å². The van der Waals surface area contributed by atoms with E-state index in [0.29, 0.717) is 30.4 Å². The minimum atomic E-state index is -3.33. The molecule has 1 aliphatic rings. The van der Waals surface area contributed by atoms with Crippen LogP contribution in [0.1, 0.15) is 18.4 Å². The number of nitrogens with zero attached hydrogens (tertiary/aromatic N) is 1. The highest BCUT2D eigenvalue weighted by molar-refractivity contribution is 7.89. The fourth-order valence-corrected chi connectivity index (χ4v) is 4.23. The lowest BCUT2D eigenvalue weighted by Gasteiger charge is -2.17. The number of hydrogen-bond donors (Lipinski definition) is 1. The number of sulfonamides is 1. The highest BCUT2D eigenvalue weighted by atomic mass is 32.2. The molecule has 0 spiro atoms. The van der Waals surface area contributed by atoms with Crippen LogP contribution >= 0.6 is 0 Å². The molecule has 1 saturated heterocycles. The number of rotatable bonds is 4. The fraction of sp³-hybridized carbons (Fsp3) is 0.538. The third-order valence-electron chi connectivity index (χ3n) is 3.53. The van der Waals surface area contributed by atoms with Gasteiger partial charge in [0.25, 0.3) is 0 Å². The van der Waals surface area contributed by atoms with E-state index < -0.39 is 10.0 Å². The second-order valence-electron chi connectivity index (χ2n) is 4.86. The second-order valence-corrected chi connectivity index (χ2v) is 6.77. The second kappa shape index (κ2) is 5.38. The van der Waals surface area contributed by atoms with Crippen molar-refractivity contribution in [1.82, 2.24) is 4.31 Å². The van der Waals surface area contributed by atoms with Gasteiger partial charge in [0.2, 0.25) is 10.0 Å². The summed E-state index contributed by atoms with van der Waals surface area (Å²) in [6, 6.07) is 7.14. The minimum absolute atomic E-state index is 0.411.